The van der Waals surface area contributed by atoms with Crippen LogP contribution in [-0.2, 0) is 48.1 Å². The van der Waals surface area contributed by atoms with Crippen molar-refractivity contribution in [3.05, 3.63) is 79.3 Å². The third kappa shape index (κ3) is 12.0. The summed E-state index contributed by atoms with van der Waals surface area (Å²) in [5.74, 6) is 0.293. The van der Waals surface area contributed by atoms with E-state index in [0.29, 0.717) is 73.9 Å². The van der Waals surface area contributed by atoms with E-state index in [4.69, 9.17) is 67.3 Å². The van der Waals surface area contributed by atoms with Crippen LogP contribution in [0.5, 0.6) is 11.5 Å². The van der Waals surface area contributed by atoms with Crippen molar-refractivity contribution < 1.29 is 50.2 Å². The Hall–Kier alpha value is -5.03. The molecule has 2 aliphatic rings. The lowest BCUT2D eigenvalue weighted by Gasteiger charge is -2.36. The Morgan fingerprint density at radius 2 is 1.05 bits per heavy atom. The lowest BCUT2D eigenvalue weighted by atomic mass is 10.2. The zero-order valence-corrected chi connectivity index (χ0v) is 36.5. The lowest BCUT2D eigenvalue weighted by Crippen LogP contribution is -2.49. The number of carbonyl (C=O) groups excluding carboxylic acids is 3. The molecule has 2 fully saturated rings. The second kappa shape index (κ2) is 20.6. The molecule has 5 N–H and O–H groups in total. The van der Waals surface area contributed by atoms with Crippen molar-refractivity contribution in [3.63, 3.8) is 0 Å². The number of hydrogen-bond acceptors (Lipinski definition) is 10. The Balaban J connectivity index is 0.000000239. The number of nitrogens with one attached hydrogen (secondary N) is 1. The summed E-state index contributed by atoms with van der Waals surface area (Å²) < 4.78 is 91.0. The largest absolute Gasteiger partial charge is 0.495 e. The second-order valence-electron chi connectivity index (χ2n) is 13.8. The minimum atomic E-state index is -4.82. The van der Waals surface area contributed by atoms with Crippen LogP contribution >= 0.6 is 46.4 Å². The van der Waals surface area contributed by atoms with E-state index in [1.165, 1.54) is 19.1 Å². The number of carbonyl (C=O) groups is 3. The van der Waals surface area contributed by atoms with Gasteiger partial charge >= 0.3 is 18.4 Å². The Kier molecular flexibility index (Phi) is 16.1. The van der Waals surface area contributed by atoms with E-state index in [9.17, 15) is 40.7 Å². The number of methoxy groups -OCH3 is 2. The first-order valence-corrected chi connectivity index (χ1v) is 20.3. The van der Waals surface area contributed by atoms with Crippen molar-refractivity contribution in [2.45, 2.75) is 38.5 Å². The van der Waals surface area contributed by atoms with Crippen LogP contribution in [-0.4, -0.2) is 114 Å². The summed E-state index contributed by atoms with van der Waals surface area (Å²) in [6.45, 7) is 2.10. The first-order chi connectivity index (χ1) is 29.7. The summed E-state index contributed by atoms with van der Waals surface area (Å²) in [6, 6.07) is 9.81. The van der Waals surface area contributed by atoms with Gasteiger partial charge in [0.1, 0.15) is 24.6 Å². The Morgan fingerprint density at radius 3 is 1.40 bits per heavy atom. The zero-order valence-electron chi connectivity index (χ0n) is 33.5. The maximum atomic E-state index is 13.2. The molecular weight excluding hydrogens is 934 g/mol. The van der Waals surface area contributed by atoms with Crippen LogP contribution in [0.1, 0.15) is 22.8 Å². The number of nitrogens with zero attached hydrogens (tertiary/aromatic N) is 8. The van der Waals surface area contributed by atoms with E-state index in [1.807, 2.05) is 23.1 Å². The number of ether oxygens (including phenoxy) is 2. The fourth-order valence-electron chi connectivity index (χ4n) is 6.68. The topological polar surface area (TPSA) is 182 Å². The van der Waals surface area contributed by atoms with E-state index >= 15 is 0 Å². The SMILES string of the molecule is COc1cc(N2CCN(C(=O)Cn3nc(C(F)(F)F)c(Cl)c3CN)CC2)ccc1Cl.COc1cc(N2CCN(C(=O)Cn3nc(C(F)(F)F)c(Cl)c3CNC(N)=O)CC2)ccc1Cl. The predicted molar refractivity (Wildman–Crippen MR) is 222 cm³/mol. The van der Waals surface area contributed by atoms with Gasteiger partial charge in [-0.2, -0.15) is 36.5 Å². The fraction of sp³-hybridized carbons (Fsp3) is 0.432. The quantitative estimate of drug-likeness (QED) is 0.157. The number of primary amides is 1. The van der Waals surface area contributed by atoms with Gasteiger partial charge in [0.25, 0.3) is 0 Å². The van der Waals surface area contributed by atoms with Gasteiger partial charge in [-0.25, -0.2) is 4.79 Å². The molecule has 2 aliphatic heterocycles. The van der Waals surface area contributed by atoms with E-state index in [2.05, 4.69) is 20.4 Å². The molecule has 0 spiro atoms. The minimum Gasteiger partial charge on any atom is -0.495 e. The average molecular weight is 976 g/mol. The van der Waals surface area contributed by atoms with Crippen LogP contribution in [0.25, 0.3) is 0 Å². The van der Waals surface area contributed by atoms with Gasteiger partial charge < -0.3 is 45.9 Å². The van der Waals surface area contributed by atoms with Crippen molar-refractivity contribution in [3.8, 4) is 11.5 Å². The van der Waals surface area contributed by atoms with Gasteiger partial charge in [-0.1, -0.05) is 46.4 Å². The molecule has 0 atom stereocenters. The van der Waals surface area contributed by atoms with E-state index < -0.39 is 58.8 Å². The maximum Gasteiger partial charge on any atom is 0.436 e. The molecule has 26 heteroatoms. The van der Waals surface area contributed by atoms with Crippen LogP contribution in [0, 0.1) is 0 Å². The second-order valence-corrected chi connectivity index (χ2v) is 15.4. The number of piperazine rings is 2. The van der Waals surface area contributed by atoms with Gasteiger partial charge in [-0.15, -0.1) is 0 Å². The molecule has 0 bridgehead atoms. The molecular formula is C37H41Cl4F6N11O5. The molecule has 0 radical (unpaired) electrons. The highest BCUT2D eigenvalue weighted by molar-refractivity contribution is 6.33. The Bertz CT molecular complexity index is 2280. The minimum absolute atomic E-state index is 0.0239. The first-order valence-electron chi connectivity index (χ1n) is 18.8. The van der Waals surface area contributed by atoms with Crippen molar-refractivity contribution in [2.24, 2.45) is 11.5 Å². The van der Waals surface area contributed by atoms with Crippen LogP contribution in [0.15, 0.2) is 36.4 Å². The molecule has 4 heterocycles. The molecule has 0 aliphatic carbocycles. The van der Waals surface area contributed by atoms with Crippen molar-refractivity contribution >= 4 is 75.6 Å². The molecule has 0 saturated carbocycles. The van der Waals surface area contributed by atoms with Crippen molar-refractivity contribution in [2.75, 3.05) is 76.4 Å². The molecule has 16 nitrogen and oxygen atoms in total. The number of aromatic nitrogens is 4. The van der Waals surface area contributed by atoms with Gasteiger partial charge in [0, 0.05) is 82.4 Å². The molecule has 2 saturated heterocycles. The number of halogens is 10. The maximum absolute atomic E-state index is 13.2. The number of hydrogen-bond donors (Lipinski definition) is 3. The zero-order chi connectivity index (χ0) is 46.4. The van der Waals surface area contributed by atoms with Gasteiger partial charge in [0.2, 0.25) is 11.8 Å². The van der Waals surface area contributed by atoms with Crippen LogP contribution in [0.4, 0.5) is 42.5 Å². The van der Waals surface area contributed by atoms with Gasteiger partial charge in [0.05, 0.1) is 52.2 Å². The smallest absolute Gasteiger partial charge is 0.436 e. The predicted octanol–water partition coefficient (Wildman–Crippen LogP) is 5.76. The van der Waals surface area contributed by atoms with Gasteiger partial charge in [-0.05, 0) is 24.3 Å². The number of amides is 4. The van der Waals surface area contributed by atoms with E-state index in [-0.39, 0.29) is 30.4 Å². The normalized spacial score (nSPS) is 14.6. The third-order valence-corrected chi connectivity index (χ3v) is 11.4. The van der Waals surface area contributed by atoms with Crippen LogP contribution in [0.3, 0.4) is 0 Å². The fourth-order valence-corrected chi connectivity index (χ4v) is 7.70. The summed E-state index contributed by atoms with van der Waals surface area (Å²) >= 11 is 23.7. The van der Waals surface area contributed by atoms with E-state index in [1.54, 1.807) is 23.1 Å². The third-order valence-electron chi connectivity index (χ3n) is 9.98. The Labute approximate surface area is 376 Å². The van der Waals surface area contributed by atoms with E-state index in [0.717, 1.165) is 20.7 Å². The van der Waals surface area contributed by atoms with Crippen LogP contribution in [0.2, 0.25) is 20.1 Å². The van der Waals surface area contributed by atoms with Gasteiger partial charge in [0.15, 0.2) is 11.4 Å². The number of anilines is 2. The summed E-state index contributed by atoms with van der Waals surface area (Å²) in [4.78, 5) is 43.6. The summed E-state index contributed by atoms with van der Waals surface area (Å²) in [7, 11) is 3.05. The summed E-state index contributed by atoms with van der Waals surface area (Å²) in [5.41, 5.74) is 9.53. The average Bonchev–Trinajstić information content (AvgIpc) is 3.74. The first kappa shape index (κ1) is 49.0. The van der Waals surface area contributed by atoms with Crippen LogP contribution < -0.4 is 36.1 Å². The summed E-state index contributed by atoms with van der Waals surface area (Å²) in [5, 5.41) is 8.83. The lowest BCUT2D eigenvalue weighted by molar-refractivity contribution is -0.142. The number of alkyl halides is 6. The molecule has 4 aromatic rings. The molecule has 4 amide bonds. The molecule has 0 unspecified atom stereocenters. The van der Waals surface area contributed by atoms with Crippen molar-refractivity contribution in [1.29, 1.82) is 0 Å². The molecule has 2 aromatic heterocycles. The number of benzene rings is 2. The molecule has 2 aromatic carbocycles. The number of nitrogens with two attached hydrogens (primary N) is 2. The highest BCUT2D eigenvalue weighted by Crippen LogP contribution is 2.37. The molecule has 6 rings (SSSR count). The molecule has 63 heavy (non-hydrogen) atoms. The highest BCUT2D eigenvalue weighted by Gasteiger charge is 2.40. The molecule has 344 valence electrons. The van der Waals surface area contributed by atoms with Gasteiger partial charge in [-0.3, -0.25) is 19.0 Å². The standard InChI is InChI=1S/C19H21Cl2F3N6O3.C18H20Cl2F3N5O2/c1-33-14-8-11(2-3-12(14)20)28-4-6-29(7-5-28)15(31)10-30-13(9-26-18(25)32)16(21)17(27-30)19(22,23)24;1-30-14-8-11(2-3-12(14)19)26-4-6-27(7-5-26)15(29)10-28-13(9-24)16(20)17(25-28)18(21,22)23/h2-3,8H,4-7,9-10H2,1H3,(H3,25,26,32);2-3,8H,4-7,9-10,24H2,1H3. The Morgan fingerprint density at radius 1 is 0.667 bits per heavy atom. The summed E-state index contributed by atoms with van der Waals surface area (Å²) in [6.07, 6.45) is -9.54. The number of rotatable bonds is 11. The monoisotopic (exact) mass is 973 g/mol. The number of urea groups is 1. The van der Waals surface area contributed by atoms with Crippen molar-refractivity contribution in [1.82, 2.24) is 34.7 Å². The highest BCUT2D eigenvalue weighted by atomic mass is 35.5.